The molecule has 0 saturated carbocycles. The summed E-state index contributed by atoms with van der Waals surface area (Å²) in [5, 5.41) is 8.95. The molecule has 0 radical (unpaired) electrons. The van der Waals surface area contributed by atoms with Crippen LogP contribution in [0.2, 0.25) is 0 Å². The van der Waals surface area contributed by atoms with Gasteiger partial charge in [-0.05, 0) is 51.3 Å². The van der Waals surface area contributed by atoms with E-state index in [0.29, 0.717) is 6.54 Å². The highest BCUT2D eigenvalue weighted by Crippen LogP contribution is 2.43. The molecule has 7 nitrogen and oxygen atoms in total. The molecule has 28 heavy (non-hydrogen) atoms. The van der Waals surface area contributed by atoms with Gasteiger partial charge in [0.25, 0.3) is 0 Å². The van der Waals surface area contributed by atoms with Crippen molar-refractivity contribution in [1.29, 1.82) is 0 Å². The fourth-order valence-corrected chi connectivity index (χ4v) is 4.86. The van der Waals surface area contributed by atoms with Crippen LogP contribution in [0, 0.1) is 6.92 Å². The Morgan fingerprint density at radius 2 is 2.18 bits per heavy atom. The maximum Gasteiger partial charge on any atom is 0.317 e. The van der Waals surface area contributed by atoms with E-state index in [0.717, 1.165) is 66.9 Å². The number of carbonyl (C=O) groups is 1. The summed E-state index contributed by atoms with van der Waals surface area (Å²) in [6, 6.07) is 6.55. The lowest BCUT2D eigenvalue weighted by atomic mass is 9.77. The highest BCUT2D eigenvalue weighted by atomic mass is 16.2. The fraction of sp³-hybridized carbons (Fsp3) is 0.476. The van der Waals surface area contributed by atoms with Gasteiger partial charge in [-0.2, -0.15) is 5.10 Å². The van der Waals surface area contributed by atoms with E-state index >= 15 is 0 Å². The Kier molecular flexibility index (Phi) is 3.92. The third kappa shape index (κ3) is 2.68. The second kappa shape index (κ2) is 6.36. The van der Waals surface area contributed by atoms with Gasteiger partial charge in [-0.15, -0.1) is 0 Å². The van der Waals surface area contributed by atoms with E-state index in [1.54, 1.807) is 0 Å². The molecule has 3 aromatic rings. The van der Waals surface area contributed by atoms with Crippen molar-refractivity contribution >= 4 is 17.1 Å². The minimum atomic E-state index is 0.0246. The molecule has 0 aliphatic carbocycles. The van der Waals surface area contributed by atoms with Crippen LogP contribution in [0.4, 0.5) is 4.79 Å². The summed E-state index contributed by atoms with van der Waals surface area (Å²) >= 11 is 0. The number of aromatic nitrogens is 4. The predicted octanol–water partition coefficient (Wildman–Crippen LogP) is 3.20. The lowest BCUT2D eigenvalue weighted by Gasteiger charge is -2.34. The van der Waals surface area contributed by atoms with Crippen molar-refractivity contribution in [1.82, 2.24) is 30.0 Å². The topological polar surface area (TPSA) is 78.8 Å². The van der Waals surface area contributed by atoms with Crippen molar-refractivity contribution in [2.45, 2.75) is 45.1 Å². The van der Waals surface area contributed by atoms with E-state index < -0.39 is 0 Å². The van der Waals surface area contributed by atoms with E-state index in [-0.39, 0.29) is 11.4 Å². The van der Waals surface area contributed by atoms with Crippen LogP contribution >= 0.6 is 0 Å². The molecule has 5 rings (SSSR count). The number of urea groups is 1. The van der Waals surface area contributed by atoms with Crippen molar-refractivity contribution in [3.05, 3.63) is 35.8 Å². The standard InChI is InChI=1S/C21H26N6O/c1-3-22-20(28)26-8-6-21(13-26)5-4-7-27-18(21)11-17(25-27)16-10-15-9-14(2)24-19(15)23-12-16/h9-12H,3-8,13H2,1-2H3,(H,22,28)(H,23,24). The lowest BCUT2D eigenvalue weighted by molar-refractivity contribution is 0.203. The van der Waals surface area contributed by atoms with Crippen LogP contribution in [0.25, 0.3) is 22.3 Å². The molecule has 3 aromatic heterocycles. The Bertz CT molecular complexity index is 1050. The molecular weight excluding hydrogens is 352 g/mol. The van der Waals surface area contributed by atoms with E-state index in [2.05, 4.69) is 38.2 Å². The van der Waals surface area contributed by atoms with Gasteiger partial charge in [0.1, 0.15) is 5.65 Å². The third-order valence-electron chi connectivity index (χ3n) is 6.22. The van der Waals surface area contributed by atoms with Gasteiger partial charge in [-0.3, -0.25) is 4.68 Å². The Morgan fingerprint density at radius 1 is 1.29 bits per heavy atom. The maximum atomic E-state index is 12.3. The van der Waals surface area contributed by atoms with Gasteiger partial charge in [-0.1, -0.05) is 0 Å². The number of nitrogens with zero attached hydrogens (tertiary/aromatic N) is 4. The fourth-order valence-electron chi connectivity index (χ4n) is 4.86. The molecule has 1 spiro atoms. The molecule has 0 aromatic carbocycles. The van der Waals surface area contributed by atoms with Crippen LogP contribution in [0.5, 0.6) is 0 Å². The first-order valence-corrected chi connectivity index (χ1v) is 10.1. The van der Waals surface area contributed by atoms with Gasteiger partial charge in [0.15, 0.2) is 0 Å². The maximum absolute atomic E-state index is 12.3. The molecule has 1 saturated heterocycles. The Balaban J connectivity index is 1.49. The van der Waals surface area contributed by atoms with Crippen molar-refractivity contribution in [3.8, 4) is 11.3 Å². The lowest BCUT2D eigenvalue weighted by Crippen LogP contribution is -2.42. The summed E-state index contributed by atoms with van der Waals surface area (Å²) in [6.07, 6.45) is 5.12. The number of H-pyrrole nitrogens is 1. The first-order valence-electron chi connectivity index (χ1n) is 10.1. The average Bonchev–Trinajstić information content (AvgIpc) is 3.38. The number of amides is 2. The number of rotatable bonds is 2. The molecule has 1 atom stereocenters. The van der Waals surface area contributed by atoms with Gasteiger partial charge < -0.3 is 15.2 Å². The predicted molar refractivity (Wildman–Crippen MR) is 108 cm³/mol. The number of aromatic amines is 1. The summed E-state index contributed by atoms with van der Waals surface area (Å²) in [4.78, 5) is 22.1. The van der Waals surface area contributed by atoms with Crippen LogP contribution in [0.3, 0.4) is 0 Å². The first kappa shape index (κ1) is 17.3. The summed E-state index contributed by atoms with van der Waals surface area (Å²) < 4.78 is 2.16. The van der Waals surface area contributed by atoms with Crippen LogP contribution in [0.15, 0.2) is 24.4 Å². The Labute approximate surface area is 164 Å². The summed E-state index contributed by atoms with van der Waals surface area (Å²) in [5.41, 5.74) is 5.33. The minimum absolute atomic E-state index is 0.0246. The number of likely N-dealkylation sites (tertiary alicyclic amines) is 1. The van der Waals surface area contributed by atoms with Gasteiger partial charge in [-0.25, -0.2) is 9.78 Å². The monoisotopic (exact) mass is 378 g/mol. The molecule has 2 aliphatic rings. The van der Waals surface area contributed by atoms with E-state index in [4.69, 9.17) is 5.10 Å². The molecule has 2 aliphatic heterocycles. The van der Waals surface area contributed by atoms with Crippen molar-refractivity contribution in [2.75, 3.05) is 19.6 Å². The van der Waals surface area contributed by atoms with Crippen LogP contribution in [0.1, 0.15) is 37.6 Å². The molecular formula is C21H26N6O. The second-order valence-electron chi connectivity index (χ2n) is 8.14. The normalized spacial score (nSPS) is 21.4. The average molecular weight is 378 g/mol. The molecule has 1 fully saturated rings. The zero-order valence-electron chi connectivity index (χ0n) is 16.5. The molecule has 146 valence electrons. The van der Waals surface area contributed by atoms with Crippen molar-refractivity contribution in [2.24, 2.45) is 0 Å². The summed E-state index contributed by atoms with van der Waals surface area (Å²) in [7, 11) is 0. The number of hydrogen-bond acceptors (Lipinski definition) is 3. The highest BCUT2D eigenvalue weighted by molar-refractivity contribution is 5.81. The zero-order valence-corrected chi connectivity index (χ0v) is 16.5. The van der Waals surface area contributed by atoms with Crippen LogP contribution in [-0.2, 0) is 12.0 Å². The number of carbonyl (C=O) groups excluding carboxylic acids is 1. The molecule has 5 heterocycles. The summed E-state index contributed by atoms with van der Waals surface area (Å²) in [5.74, 6) is 0. The third-order valence-corrected chi connectivity index (χ3v) is 6.22. The first-order chi connectivity index (χ1) is 13.6. The highest BCUT2D eigenvalue weighted by Gasteiger charge is 2.45. The van der Waals surface area contributed by atoms with Gasteiger partial charge in [0, 0.05) is 60.1 Å². The number of pyridine rings is 1. The largest absolute Gasteiger partial charge is 0.344 e. The van der Waals surface area contributed by atoms with E-state index in [1.165, 1.54) is 5.69 Å². The number of fused-ring (bicyclic) bond motifs is 3. The van der Waals surface area contributed by atoms with Crippen molar-refractivity contribution < 1.29 is 4.79 Å². The zero-order chi connectivity index (χ0) is 19.3. The molecule has 7 heteroatoms. The number of aryl methyl sites for hydroxylation is 2. The number of hydrogen-bond donors (Lipinski definition) is 2. The Morgan fingerprint density at radius 3 is 3.04 bits per heavy atom. The molecule has 2 amide bonds. The quantitative estimate of drug-likeness (QED) is 0.719. The van der Waals surface area contributed by atoms with Crippen molar-refractivity contribution in [3.63, 3.8) is 0 Å². The van der Waals surface area contributed by atoms with Gasteiger partial charge >= 0.3 is 6.03 Å². The van der Waals surface area contributed by atoms with Gasteiger partial charge in [0.2, 0.25) is 0 Å². The second-order valence-corrected chi connectivity index (χ2v) is 8.14. The Hall–Kier alpha value is -2.83. The van der Waals surface area contributed by atoms with E-state index in [1.807, 2.05) is 24.9 Å². The molecule has 0 bridgehead atoms. The smallest absolute Gasteiger partial charge is 0.317 e. The van der Waals surface area contributed by atoms with Crippen LogP contribution < -0.4 is 5.32 Å². The van der Waals surface area contributed by atoms with Gasteiger partial charge in [0.05, 0.1) is 5.69 Å². The van der Waals surface area contributed by atoms with Crippen LogP contribution in [-0.4, -0.2) is 50.3 Å². The number of nitrogens with one attached hydrogen (secondary N) is 2. The molecule has 1 unspecified atom stereocenters. The van der Waals surface area contributed by atoms with E-state index in [9.17, 15) is 4.79 Å². The molecule has 2 N–H and O–H groups in total. The summed E-state index contributed by atoms with van der Waals surface area (Å²) in [6.45, 7) is 7.19. The minimum Gasteiger partial charge on any atom is -0.344 e. The SMILES string of the molecule is CCNC(=O)N1CCC2(CCCn3nc(-c4cnc5[nH]c(C)cc5c4)cc32)C1.